The van der Waals surface area contributed by atoms with Crippen LogP contribution in [0.25, 0.3) is 0 Å². The molecule has 21 heavy (non-hydrogen) atoms. The Morgan fingerprint density at radius 2 is 2.10 bits per heavy atom. The topological polar surface area (TPSA) is 64.1 Å². The second-order valence-corrected chi connectivity index (χ2v) is 5.28. The van der Waals surface area contributed by atoms with Gasteiger partial charge in [0.25, 0.3) is 5.91 Å². The number of rotatable bonds is 3. The molecule has 2 rings (SSSR count). The number of hydrogen-bond acceptors (Lipinski definition) is 5. The Morgan fingerprint density at radius 1 is 1.38 bits per heavy atom. The summed E-state index contributed by atoms with van der Waals surface area (Å²) < 4.78 is 43.7. The second kappa shape index (κ2) is 5.86. The lowest BCUT2D eigenvalue weighted by molar-refractivity contribution is -0.137. The molecule has 1 aromatic heterocycles. The highest BCUT2D eigenvalue weighted by Gasteiger charge is 2.34. The average molecular weight is 338 g/mol. The number of halogens is 4. The van der Waals surface area contributed by atoms with Gasteiger partial charge >= 0.3 is 6.18 Å². The van der Waals surface area contributed by atoms with Crippen molar-refractivity contribution in [3.63, 3.8) is 0 Å². The van der Waals surface area contributed by atoms with Crippen LogP contribution in [0.15, 0.2) is 18.2 Å². The summed E-state index contributed by atoms with van der Waals surface area (Å²) in [5.74, 6) is -0.797. The number of benzene rings is 1. The van der Waals surface area contributed by atoms with Crippen LogP contribution in [0.3, 0.4) is 0 Å². The van der Waals surface area contributed by atoms with Gasteiger partial charge < -0.3 is 10.1 Å². The fourth-order valence-corrected chi connectivity index (χ4v) is 2.19. The van der Waals surface area contributed by atoms with E-state index in [1.807, 2.05) is 0 Å². The Kier molecular flexibility index (Phi) is 4.33. The molecule has 0 radical (unpaired) electrons. The molecule has 0 unspecified atom stereocenters. The summed E-state index contributed by atoms with van der Waals surface area (Å²) in [6.45, 7) is 0. The number of hydrogen-bond donors (Lipinski definition) is 1. The highest BCUT2D eigenvalue weighted by molar-refractivity contribution is 7.17. The van der Waals surface area contributed by atoms with Crippen molar-refractivity contribution in [2.75, 3.05) is 12.4 Å². The number of aromatic nitrogens is 2. The Labute approximate surface area is 125 Å². The van der Waals surface area contributed by atoms with Gasteiger partial charge in [-0.1, -0.05) is 11.3 Å². The van der Waals surface area contributed by atoms with Crippen LogP contribution >= 0.6 is 22.9 Å². The number of amides is 1. The first-order valence-corrected chi connectivity index (χ1v) is 6.56. The van der Waals surface area contributed by atoms with Crippen LogP contribution in [0.4, 0.5) is 18.9 Å². The third-order valence-electron chi connectivity index (χ3n) is 2.37. The van der Waals surface area contributed by atoms with E-state index in [0.29, 0.717) is 0 Å². The zero-order valence-corrected chi connectivity index (χ0v) is 11.9. The van der Waals surface area contributed by atoms with Gasteiger partial charge in [-0.3, -0.25) is 4.79 Å². The predicted octanol–water partition coefficient (Wildman–Crippen LogP) is 3.47. The third-order valence-corrected chi connectivity index (χ3v) is 3.39. The Morgan fingerprint density at radius 3 is 2.62 bits per heavy atom. The molecule has 5 nitrogen and oxygen atoms in total. The molecule has 0 atom stereocenters. The van der Waals surface area contributed by atoms with Crippen LogP contribution in [0, 0.1) is 0 Å². The standard InChI is InChI=1S/C11H7ClF3N3O2S/c1-20-5-2-3-7(6(4-5)11(13,14)15)16-8(19)9-17-18-10(12)21-9/h2-4H,1H3,(H,16,19). The van der Waals surface area contributed by atoms with Crippen molar-refractivity contribution < 1.29 is 22.7 Å². The first-order valence-electron chi connectivity index (χ1n) is 5.37. The minimum Gasteiger partial charge on any atom is -0.497 e. The molecule has 1 heterocycles. The number of nitrogens with zero attached hydrogens (tertiary/aromatic N) is 2. The highest BCUT2D eigenvalue weighted by atomic mass is 35.5. The van der Waals surface area contributed by atoms with Gasteiger partial charge in [0.15, 0.2) is 0 Å². The SMILES string of the molecule is COc1ccc(NC(=O)c2nnc(Cl)s2)c(C(F)(F)F)c1. The number of anilines is 1. The normalized spacial score (nSPS) is 11.3. The van der Waals surface area contributed by atoms with E-state index in [9.17, 15) is 18.0 Å². The van der Waals surface area contributed by atoms with Crippen LogP contribution in [-0.4, -0.2) is 23.2 Å². The van der Waals surface area contributed by atoms with Gasteiger partial charge in [0.05, 0.1) is 18.4 Å². The zero-order valence-electron chi connectivity index (χ0n) is 10.4. The average Bonchev–Trinajstić information content (AvgIpc) is 2.84. The fourth-order valence-electron chi connectivity index (χ4n) is 1.47. The molecular weight excluding hydrogens is 331 g/mol. The Hall–Kier alpha value is -1.87. The third kappa shape index (κ3) is 3.61. The predicted molar refractivity (Wildman–Crippen MR) is 70.9 cm³/mol. The van der Waals surface area contributed by atoms with Crippen LogP contribution in [0.1, 0.15) is 15.4 Å². The van der Waals surface area contributed by atoms with E-state index in [4.69, 9.17) is 16.3 Å². The van der Waals surface area contributed by atoms with Crippen molar-refractivity contribution in [1.82, 2.24) is 10.2 Å². The summed E-state index contributed by atoms with van der Waals surface area (Å²) in [5, 5.41) is 8.86. The second-order valence-electron chi connectivity index (χ2n) is 3.72. The largest absolute Gasteiger partial charge is 0.497 e. The van der Waals surface area contributed by atoms with Gasteiger partial charge in [0.1, 0.15) is 5.75 Å². The fraction of sp³-hybridized carbons (Fsp3) is 0.182. The molecular formula is C11H7ClF3N3O2S. The Bertz CT molecular complexity index is 675. The number of ether oxygens (including phenoxy) is 1. The quantitative estimate of drug-likeness (QED) is 0.931. The molecule has 112 valence electrons. The maximum Gasteiger partial charge on any atom is 0.418 e. The van der Waals surface area contributed by atoms with Gasteiger partial charge in [-0.2, -0.15) is 13.2 Å². The molecule has 0 aliphatic heterocycles. The van der Waals surface area contributed by atoms with E-state index in [-0.39, 0.29) is 15.2 Å². The first kappa shape index (κ1) is 15.5. The smallest absolute Gasteiger partial charge is 0.418 e. The minimum atomic E-state index is -4.64. The van der Waals surface area contributed by atoms with Gasteiger partial charge in [0, 0.05) is 0 Å². The molecule has 0 aliphatic rings. The summed E-state index contributed by atoms with van der Waals surface area (Å²) in [5.41, 5.74) is -1.43. The van der Waals surface area contributed by atoms with Crippen molar-refractivity contribution in [2.24, 2.45) is 0 Å². The van der Waals surface area contributed by atoms with E-state index >= 15 is 0 Å². The van der Waals surface area contributed by atoms with Gasteiger partial charge in [-0.15, -0.1) is 10.2 Å². The van der Waals surface area contributed by atoms with E-state index in [0.717, 1.165) is 23.5 Å². The lowest BCUT2D eigenvalue weighted by Gasteiger charge is -2.14. The highest BCUT2D eigenvalue weighted by Crippen LogP contribution is 2.37. The molecule has 10 heteroatoms. The Balaban J connectivity index is 2.33. The lowest BCUT2D eigenvalue weighted by atomic mass is 10.1. The molecule has 1 N–H and O–H groups in total. The summed E-state index contributed by atoms with van der Waals surface area (Å²) in [7, 11) is 1.25. The first-order chi connectivity index (χ1) is 9.81. The van der Waals surface area contributed by atoms with Crippen molar-refractivity contribution in [3.8, 4) is 5.75 Å². The van der Waals surface area contributed by atoms with E-state index in [1.54, 1.807) is 0 Å². The van der Waals surface area contributed by atoms with Gasteiger partial charge in [0.2, 0.25) is 9.47 Å². The molecule has 0 saturated heterocycles. The van der Waals surface area contributed by atoms with Gasteiger partial charge in [-0.25, -0.2) is 0 Å². The minimum absolute atomic E-state index is 0.0194. The molecule has 0 saturated carbocycles. The molecule has 1 amide bonds. The molecule has 0 aliphatic carbocycles. The molecule has 0 bridgehead atoms. The van der Waals surface area contributed by atoms with Crippen molar-refractivity contribution >= 4 is 34.5 Å². The van der Waals surface area contributed by atoms with Crippen molar-refractivity contribution in [2.45, 2.75) is 6.18 Å². The summed E-state index contributed by atoms with van der Waals surface area (Å²) in [6.07, 6.45) is -4.64. The maximum absolute atomic E-state index is 13.0. The maximum atomic E-state index is 13.0. The zero-order chi connectivity index (χ0) is 15.6. The summed E-state index contributed by atoms with van der Waals surface area (Å²) in [4.78, 5) is 11.8. The summed E-state index contributed by atoms with van der Waals surface area (Å²) in [6, 6.07) is 3.20. The lowest BCUT2D eigenvalue weighted by Crippen LogP contribution is -2.16. The monoisotopic (exact) mass is 337 g/mol. The number of methoxy groups -OCH3 is 1. The summed E-state index contributed by atoms with van der Waals surface area (Å²) >= 11 is 6.28. The number of nitrogens with one attached hydrogen (secondary N) is 1. The van der Waals surface area contributed by atoms with Crippen LogP contribution in [0.2, 0.25) is 4.47 Å². The van der Waals surface area contributed by atoms with Crippen LogP contribution in [-0.2, 0) is 6.18 Å². The number of carbonyl (C=O) groups excluding carboxylic acids is 1. The molecule has 0 spiro atoms. The van der Waals surface area contributed by atoms with Crippen LogP contribution in [0.5, 0.6) is 5.75 Å². The van der Waals surface area contributed by atoms with Crippen molar-refractivity contribution in [1.29, 1.82) is 0 Å². The molecule has 1 aromatic carbocycles. The molecule has 2 aromatic rings. The van der Waals surface area contributed by atoms with Gasteiger partial charge in [-0.05, 0) is 29.8 Å². The molecule has 0 fully saturated rings. The van der Waals surface area contributed by atoms with E-state index < -0.39 is 23.3 Å². The van der Waals surface area contributed by atoms with Crippen LogP contribution < -0.4 is 10.1 Å². The number of carbonyl (C=O) groups is 1. The number of alkyl halides is 3. The van der Waals surface area contributed by atoms with E-state index in [1.165, 1.54) is 13.2 Å². The van der Waals surface area contributed by atoms with E-state index in [2.05, 4.69) is 15.5 Å². The van der Waals surface area contributed by atoms with Crippen molar-refractivity contribution in [3.05, 3.63) is 33.2 Å².